The van der Waals surface area contributed by atoms with Gasteiger partial charge in [0.15, 0.2) is 0 Å². The maximum Gasteiger partial charge on any atom is 0.331 e. The zero-order valence-corrected chi connectivity index (χ0v) is 17.0. The summed E-state index contributed by atoms with van der Waals surface area (Å²) in [6, 6.07) is 0. The van der Waals surface area contributed by atoms with Crippen molar-refractivity contribution in [3.63, 3.8) is 0 Å². The van der Waals surface area contributed by atoms with Crippen LogP contribution in [0.4, 0.5) is 0 Å². The number of rotatable bonds is 16. The normalized spacial score (nSPS) is 11.5. The molecule has 0 radical (unpaired) electrons. The van der Waals surface area contributed by atoms with Crippen molar-refractivity contribution in [2.75, 3.05) is 13.2 Å². The predicted octanol–water partition coefficient (Wildman–Crippen LogP) is 5.76. The Bertz CT molecular complexity index is 410. The summed E-state index contributed by atoms with van der Waals surface area (Å²) in [4.78, 5) is 22.8. The van der Waals surface area contributed by atoms with Gasteiger partial charge in [-0.1, -0.05) is 77.9 Å². The quantitative estimate of drug-likeness (QED) is 0.151. The number of allylic oxidation sites excluding steroid dienone is 1. The fraction of sp³-hybridized carbons (Fsp3) is 0.727. The van der Waals surface area contributed by atoms with E-state index < -0.39 is 11.9 Å². The second-order valence-corrected chi connectivity index (χ2v) is 7.05. The second kappa shape index (κ2) is 18.2. The Morgan fingerprint density at radius 2 is 1.31 bits per heavy atom. The molecule has 0 saturated carbocycles. The highest BCUT2D eigenvalue weighted by molar-refractivity contribution is 5.91. The number of carbonyl (C=O) groups is 2. The van der Waals surface area contributed by atoms with Crippen molar-refractivity contribution in [1.29, 1.82) is 0 Å². The molecule has 0 aliphatic carbocycles. The lowest BCUT2D eigenvalue weighted by atomic mass is 10.1. The molecule has 0 saturated heterocycles. The molecule has 0 aliphatic heterocycles. The Morgan fingerprint density at radius 3 is 1.92 bits per heavy atom. The maximum absolute atomic E-state index is 11.4. The number of ether oxygens (including phenoxy) is 2. The molecule has 0 aromatic heterocycles. The molecule has 0 unspecified atom stereocenters. The molecule has 0 heterocycles. The van der Waals surface area contributed by atoms with E-state index in [0.717, 1.165) is 18.6 Å². The Balaban J connectivity index is 3.48. The van der Waals surface area contributed by atoms with Crippen molar-refractivity contribution in [1.82, 2.24) is 0 Å². The van der Waals surface area contributed by atoms with Gasteiger partial charge in [0.05, 0.1) is 13.2 Å². The van der Waals surface area contributed by atoms with E-state index in [1.165, 1.54) is 51.4 Å². The third-order valence-corrected chi connectivity index (χ3v) is 3.83. The first-order valence-electron chi connectivity index (χ1n) is 10.2. The molecule has 0 fully saturated rings. The SMILES string of the molecule is CCCCCCCCCC/C=C/CCOC(=O)/C=C/C(=O)OCC(C)C. The van der Waals surface area contributed by atoms with E-state index in [2.05, 4.69) is 19.1 Å². The Morgan fingerprint density at radius 1 is 0.769 bits per heavy atom. The summed E-state index contributed by atoms with van der Waals surface area (Å²) in [6.07, 6.45) is 18.9. The number of esters is 2. The van der Waals surface area contributed by atoms with Gasteiger partial charge in [0.25, 0.3) is 0 Å². The summed E-state index contributed by atoms with van der Waals surface area (Å²) in [6.45, 7) is 6.83. The first-order chi connectivity index (χ1) is 12.6. The summed E-state index contributed by atoms with van der Waals surface area (Å²) in [7, 11) is 0. The number of hydrogen-bond donors (Lipinski definition) is 0. The molecule has 0 rings (SSSR count). The van der Waals surface area contributed by atoms with Gasteiger partial charge in [-0.2, -0.15) is 0 Å². The molecule has 4 heteroatoms. The Kier molecular flexibility index (Phi) is 17.1. The van der Waals surface area contributed by atoms with Crippen LogP contribution in [-0.4, -0.2) is 25.2 Å². The third kappa shape index (κ3) is 18.8. The van der Waals surface area contributed by atoms with E-state index in [4.69, 9.17) is 9.47 Å². The standard InChI is InChI=1S/C22H38O4/c1-4-5-6-7-8-9-10-11-12-13-14-15-18-25-21(23)16-17-22(24)26-19-20(2)3/h13-14,16-17,20H,4-12,15,18-19H2,1-3H3/b14-13+,17-16+. The average Bonchev–Trinajstić information content (AvgIpc) is 2.62. The van der Waals surface area contributed by atoms with Gasteiger partial charge in [-0.05, 0) is 25.2 Å². The van der Waals surface area contributed by atoms with Gasteiger partial charge in [0.2, 0.25) is 0 Å². The van der Waals surface area contributed by atoms with Crippen LogP contribution < -0.4 is 0 Å². The summed E-state index contributed by atoms with van der Waals surface area (Å²) < 4.78 is 9.96. The van der Waals surface area contributed by atoms with Crippen LogP contribution in [0.3, 0.4) is 0 Å². The van der Waals surface area contributed by atoms with Crippen molar-refractivity contribution in [2.45, 2.75) is 85.0 Å². The summed E-state index contributed by atoms with van der Waals surface area (Å²) in [5.41, 5.74) is 0. The van der Waals surface area contributed by atoms with Crippen LogP contribution >= 0.6 is 0 Å². The van der Waals surface area contributed by atoms with Crippen molar-refractivity contribution < 1.29 is 19.1 Å². The molecule has 0 N–H and O–H groups in total. The van der Waals surface area contributed by atoms with E-state index in [9.17, 15) is 9.59 Å². The van der Waals surface area contributed by atoms with E-state index in [-0.39, 0.29) is 5.92 Å². The van der Waals surface area contributed by atoms with E-state index in [1.807, 2.05) is 13.8 Å². The average molecular weight is 367 g/mol. The van der Waals surface area contributed by atoms with Gasteiger partial charge < -0.3 is 9.47 Å². The Hall–Kier alpha value is -1.58. The topological polar surface area (TPSA) is 52.6 Å². The van der Waals surface area contributed by atoms with Crippen molar-refractivity contribution in [2.24, 2.45) is 5.92 Å². The van der Waals surface area contributed by atoms with Gasteiger partial charge >= 0.3 is 11.9 Å². The van der Waals surface area contributed by atoms with Crippen LogP contribution in [0.2, 0.25) is 0 Å². The monoisotopic (exact) mass is 366 g/mol. The summed E-state index contributed by atoms with van der Waals surface area (Å²) >= 11 is 0. The van der Waals surface area contributed by atoms with Crippen LogP contribution in [0.25, 0.3) is 0 Å². The van der Waals surface area contributed by atoms with Crippen LogP contribution in [-0.2, 0) is 19.1 Å². The minimum absolute atomic E-state index is 0.275. The molecular weight excluding hydrogens is 328 g/mol. The lowest BCUT2D eigenvalue weighted by molar-refractivity contribution is -0.141. The third-order valence-electron chi connectivity index (χ3n) is 3.83. The number of carbonyl (C=O) groups excluding carboxylic acids is 2. The zero-order chi connectivity index (χ0) is 19.5. The molecule has 150 valence electrons. The molecule has 0 bridgehead atoms. The van der Waals surface area contributed by atoms with Gasteiger partial charge in [0, 0.05) is 12.2 Å². The largest absolute Gasteiger partial charge is 0.462 e. The van der Waals surface area contributed by atoms with E-state index in [0.29, 0.717) is 19.6 Å². The lowest BCUT2D eigenvalue weighted by Crippen LogP contribution is -2.08. The molecule has 0 aromatic rings. The van der Waals surface area contributed by atoms with Gasteiger partial charge in [-0.25, -0.2) is 9.59 Å². The summed E-state index contributed by atoms with van der Waals surface area (Å²) in [5.74, 6) is -0.749. The van der Waals surface area contributed by atoms with E-state index >= 15 is 0 Å². The molecule has 0 aliphatic rings. The molecule has 0 atom stereocenters. The molecule has 4 nitrogen and oxygen atoms in total. The van der Waals surface area contributed by atoms with Crippen LogP contribution in [0, 0.1) is 5.92 Å². The highest BCUT2D eigenvalue weighted by Crippen LogP contribution is 2.09. The van der Waals surface area contributed by atoms with Gasteiger partial charge in [0.1, 0.15) is 0 Å². The van der Waals surface area contributed by atoms with E-state index in [1.54, 1.807) is 0 Å². The molecular formula is C22H38O4. The van der Waals surface area contributed by atoms with Gasteiger partial charge in [-0.3, -0.25) is 0 Å². The molecule has 0 amide bonds. The molecule has 0 spiro atoms. The van der Waals surface area contributed by atoms with Crippen molar-refractivity contribution in [3.05, 3.63) is 24.3 Å². The fourth-order valence-corrected chi connectivity index (χ4v) is 2.34. The smallest absolute Gasteiger partial charge is 0.331 e. The molecule has 0 aromatic carbocycles. The number of hydrogen-bond acceptors (Lipinski definition) is 4. The fourth-order valence-electron chi connectivity index (χ4n) is 2.34. The minimum Gasteiger partial charge on any atom is -0.462 e. The van der Waals surface area contributed by atoms with Crippen LogP contribution in [0.1, 0.15) is 85.0 Å². The molecule has 26 heavy (non-hydrogen) atoms. The first-order valence-corrected chi connectivity index (χ1v) is 10.2. The Labute approximate surface area is 160 Å². The highest BCUT2D eigenvalue weighted by Gasteiger charge is 2.02. The maximum atomic E-state index is 11.4. The van der Waals surface area contributed by atoms with Crippen molar-refractivity contribution >= 4 is 11.9 Å². The minimum atomic E-state index is -0.513. The summed E-state index contributed by atoms with van der Waals surface area (Å²) in [5, 5.41) is 0. The van der Waals surface area contributed by atoms with Crippen molar-refractivity contribution in [3.8, 4) is 0 Å². The zero-order valence-electron chi connectivity index (χ0n) is 17.0. The van der Waals surface area contributed by atoms with Gasteiger partial charge in [-0.15, -0.1) is 0 Å². The highest BCUT2D eigenvalue weighted by atomic mass is 16.5. The number of unbranched alkanes of at least 4 members (excludes halogenated alkanes) is 8. The predicted molar refractivity (Wildman–Crippen MR) is 107 cm³/mol. The first kappa shape index (κ1) is 24.4. The van der Waals surface area contributed by atoms with Crippen LogP contribution in [0.5, 0.6) is 0 Å². The lowest BCUT2D eigenvalue weighted by Gasteiger charge is -2.03. The second-order valence-electron chi connectivity index (χ2n) is 7.05. The van der Waals surface area contributed by atoms with Crippen LogP contribution in [0.15, 0.2) is 24.3 Å².